The van der Waals surface area contributed by atoms with Crippen molar-refractivity contribution in [2.75, 3.05) is 29.0 Å². The number of H-pyrrole nitrogens is 1. The van der Waals surface area contributed by atoms with Gasteiger partial charge in [0.1, 0.15) is 11.6 Å². The summed E-state index contributed by atoms with van der Waals surface area (Å²) in [5.74, 6) is -0.647. The Hall–Kier alpha value is -3.10. The van der Waals surface area contributed by atoms with Gasteiger partial charge in [-0.3, -0.25) is 19.1 Å². The zero-order valence-electron chi connectivity index (χ0n) is 17.9. The molecule has 164 valence electrons. The average molecular weight is 420 g/mol. The van der Waals surface area contributed by atoms with Gasteiger partial charge in [0.2, 0.25) is 5.91 Å². The van der Waals surface area contributed by atoms with Crippen LogP contribution in [-0.4, -0.2) is 28.5 Å². The standard InChI is InChI=1S/C21H30FN5O3/c1-5-6-9-26(17(28)11-24-16-8-7-15(22)10-14(16)4)18-19(23)27(12-13(2)3)21(30)25-20(18)29/h7-8,10,13,24H,5-6,9,11-12,23H2,1-4H3,(H,25,29,30). The largest absolute Gasteiger partial charge is 0.383 e. The lowest BCUT2D eigenvalue weighted by Crippen LogP contribution is -2.43. The zero-order chi connectivity index (χ0) is 22.4. The van der Waals surface area contributed by atoms with Crippen molar-refractivity contribution in [1.29, 1.82) is 0 Å². The first kappa shape index (κ1) is 23.2. The lowest BCUT2D eigenvalue weighted by Gasteiger charge is -2.25. The number of nitrogens with one attached hydrogen (secondary N) is 2. The number of hydrogen-bond acceptors (Lipinski definition) is 5. The summed E-state index contributed by atoms with van der Waals surface area (Å²) in [5, 5.41) is 2.98. The number of benzene rings is 1. The molecule has 9 heteroatoms. The second-order valence-corrected chi connectivity index (χ2v) is 7.71. The summed E-state index contributed by atoms with van der Waals surface area (Å²) in [6, 6.07) is 4.23. The molecule has 0 saturated heterocycles. The fourth-order valence-electron chi connectivity index (χ4n) is 3.15. The maximum Gasteiger partial charge on any atom is 0.330 e. The number of amides is 1. The van der Waals surface area contributed by atoms with Gasteiger partial charge < -0.3 is 16.0 Å². The van der Waals surface area contributed by atoms with Crippen LogP contribution in [-0.2, 0) is 11.3 Å². The van der Waals surface area contributed by atoms with E-state index < -0.39 is 11.2 Å². The molecule has 1 aromatic carbocycles. The normalized spacial score (nSPS) is 11.0. The van der Waals surface area contributed by atoms with Gasteiger partial charge in [-0.2, -0.15) is 0 Å². The average Bonchev–Trinajstić information content (AvgIpc) is 2.66. The van der Waals surface area contributed by atoms with Crippen LogP contribution in [0.15, 0.2) is 27.8 Å². The lowest BCUT2D eigenvalue weighted by atomic mass is 10.2. The highest BCUT2D eigenvalue weighted by molar-refractivity contribution is 5.98. The predicted molar refractivity (Wildman–Crippen MR) is 117 cm³/mol. The minimum absolute atomic E-state index is 0.0219. The molecule has 1 amide bonds. The first-order chi connectivity index (χ1) is 14.1. The number of unbranched alkanes of at least 4 members (excludes halogenated alkanes) is 1. The van der Waals surface area contributed by atoms with Crippen LogP contribution in [0.2, 0.25) is 0 Å². The number of carbonyl (C=O) groups is 1. The van der Waals surface area contributed by atoms with E-state index >= 15 is 0 Å². The molecule has 1 aromatic heterocycles. The van der Waals surface area contributed by atoms with E-state index in [0.717, 1.165) is 6.42 Å². The molecule has 0 atom stereocenters. The smallest absolute Gasteiger partial charge is 0.330 e. The van der Waals surface area contributed by atoms with Gasteiger partial charge in [0.25, 0.3) is 5.56 Å². The molecular weight excluding hydrogens is 389 g/mol. The molecule has 0 aliphatic carbocycles. The Bertz CT molecular complexity index is 1010. The summed E-state index contributed by atoms with van der Waals surface area (Å²) in [6.07, 6.45) is 1.46. The van der Waals surface area contributed by atoms with Gasteiger partial charge in [0, 0.05) is 18.8 Å². The molecule has 0 unspecified atom stereocenters. The van der Waals surface area contributed by atoms with E-state index in [4.69, 9.17) is 5.73 Å². The van der Waals surface area contributed by atoms with E-state index in [-0.39, 0.29) is 42.2 Å². The van der Waals surface area contributed by atoms with Gasteiger partial charge in [-0.15, -0.1) is 0 Å². The van der Waals surface area contributed by atoms with Gasteiger partial charge in [-0.05, 0) is 43.0 Å². The van der Waals surface area contributed by atoms with Crippen LogP contribution in [0.1, 0.15) is 39.2 Å². The lowest BCUT2D eigenvalue weighted by molar-refractivity contribution is -0.117. The third-order valence-corrected chi connectivity index (χ3v) is 4.69. The Kier molecular flexibility index (Phi) is 7.79. The molecule has 2 aromatic rings. The van der Waals surface area contributed by atoms with E-state index in [9.17, 15) is 18.8 Å². The number of rotatable bonds is 9. The molecule has 2 rings (SSSR count). The Balaban J connectivity index is 2.38. The Labute approximate surface area is 174 Å². The molecule has 0 aliphatic rings. The molecule has 0 spiro atoms. The minimum Gasteiger partial charge on any atom is -0.383 e. The number of aryl methyl sites for hydroxylation is 1. The van der Waals surface area contributed by atoms with Gasteiger partial charge in [-0.1, -0.05) is 27.2 Å². The van der Waals surface area contributed by atoms with Gasteiger partial charge in [-0.25, -0.2) is 9.18 Å². The fraction of sp³-hybridized carbons (Fsp3) is 0.476. The number of halogens is 1. The Morgan fingerprint density at radius 3 is 2.63 bits per heavy atom. The number of nitrogens with zero attached hydrogens (tertiary/aromatic N) is 2. The maximum absolute atomic E-state index is 13.3. The van der Waals surface area contributed by atoms with E-state index in [1.807, 2.05) is 20.8 Å². The summed E-state index contributed by atoms with van der Waals surface area (Å²) in [6.45, 7) is 8.03. The minimum atomic E-state index is -0.695. The number of nitrogens with two attached hydrogens (primary N) is 1. The molecule has 0 bridgehead atoms. The molecule has 30 heavy (non-hydrogen) atoms. The van der Waals surface area contributed by atoms with Crippen molar-refractivity contribution in [2.45, 2.75) is 47.1 Å². The van der Waals surface area contributed by atoms with Crippen LogP contribution in [0.3, 0.4) is 0 Å². The second-order valence-electron chi connectivity index (χ2n) is 7.71. The van der Waals surface area contributed by atoms with E-state index in [1.54, 1.807) is 13.0 Å². The number of carbonyl (C=O) groups excluding carboxylic acids is 1. The van der Waals surface area contributed by atoms with Gasteiger partial charge in [0.15, 0.2) is 5.69 Å². The molecule has 1 heterocycles. The number of aromatic nitrogens is 2. The van der Waals surface area contributed by atoms with E-state index in [0.29, 0.717) is 24.2 Å². The number of hydrogen-bond donors (Lipinski definition) is 3. The van der Waals surface area contributed by atoms with Crippen LogP contribution >= 0.6 is 0 Å². The third kappa shape index (κ3) is 5.49. The highest BCUT2D eigenvalue weighted by Crippen LogP contribution is 2.20. The zero-order valence-corrected chi connectivity index (χ0v) is 17.9. The first-order valence-electron chi connectivity index (χ1n) is 10.1. The van der Waals surface area contributed by atoms with Gasteiger partial charge in [0.05, 0.1) is 6.54 Å². The van der Waals surface area contributed by atoms with E-state index in [1.165, 1.54) is 21.6 Å². The van der Waals surface area contributed by atoms with Crippen molar-refractivity contribution >= 4 is 23.1 Å². The van der Waals surface area contributed by atoms with Crippen LogP contribution in [0, 0.1) is 18.7 Å². The van der Waals surface area contributed by atoms with Gasteiger partial charge >= 0.3 is 5.69 Å². The van der Waals surface area contributed by atoms with Crippen LogP contribution in [0.5, 0.6) is 0 Å². The second kappa shape index (κ2) is 10.1. The highest BCUT2D eigenvalue weighted by Gasteiger charge is 2.24. The molecular formula is C21H30FN5O3. The van der Waals surface area contributed by atoms with Crippen LogP contribution in [0.25, 0.3) is 0 Å². The number of aromatic amines is 1. The summed E-state index contributed by atoms with van der Waals surface area (Å²) in [4.78, 5) is 41.4. The van der Waals surface area contributed by atoms with E-state index in [2.05, 4.69) is 10.3 Å². The molecule has 0 fully saturated rings. The fourth-order valence-corrected chi connectivity index (χ4v) is 3.15. The first-order valence-corrected chi connectivity index (χ1v) is 10.1. The Morgan fingerprint density at radius 2 is 2.03 bits per heavy atom. The molecule has 0 radical (unpaired) electrons. The van der Waals surface area contributed by atoms with Crippen molar-refractivity contribution in [2.24, 2.45) is 5.92 Å². The highest BCUT2D eigenvalue weighted by atomic mass is 19.1. The molecule has 0 saturated carbocycles. The number of anilines is 3. The SMILES string of the molecule is CCCCN(C(=O)CNc1ccc(F)cc1C)c1c(N)n(CC(C)C)c(=O)[nH]c1=O. The summed E-state index contributed by atoms with van der Waals surface area (Å²) in [7, 11) is 0. The summed E-state index contributed by atoms with van der Waals surface area (Å²) < 4.78 is 14.6. The van der Waals surface area contributed by atoms with Crippen molar-refractivity contribution in [3.63, 3.8) is 0 Å². The summed E-state index contributed by atoms with van der Waals surface area (Å²) in [5.41, 5.74) is 6.14. The molecule has 0 aliphatic heterocycles. The Morgan fingerprint density at radius 1 is 1.33 bits per heavy atom. The third-order valence-electron chi connectivity index (χ3n) is 4.69. The topological polar surface area (TPSA) is 113 Å². The maximum atomic E-state index is 13.3. The number of nitrogen functional groups attached to an aromatic ring is 1. The van der Waals surface area contributed by atoms with Crippen molar-refractivity contribution < 1.29 is 9.18 Å². The summed E-state index contributed by atoms with van der Waals surface area (Å²) >= 11 is 0. The quantitative estimate of drug-likeness (QED) is 0.578. The molecule has 4 N–H and O–H groups in total. The van der Waals surface area contributed by atoms with Crippen LogP contribution in [0.4, 0.5) is 21.6 Å². The van der Waals surface area contributed by atoms with Crippen molar-refractivity contribution in [3.05, 3.63) is 50.4 Å². The van der Waals surface area contributed by atoms with Crippen molar-refractivity contribution in [3.8, 4) is 0 Å². The van der Waals surface area contributed by atoms with Crippen molar-refractivity contribution in [1.82, 2.24) is 9.55 Å². The monoisotopic (exact) mass is 419 g/mol. The molecule has 8 nitrogen and oxygen atoms in total. The predicted octanol–water partition coefficient (Wildman–Crippen LogP) is 2.47. The van der Waals surface area contributed by atoms with Crippen LogP contribution < -0.4 is 27.2 Å².